The molecular formula is C16H16O4. The third-order valence-electron chi connectivity index (χ3n) is 3.63. The number of hydrogen-bond acceptors (Lipinski definition) is 4. The minimum atomic E-state index is -0.144. The van der Waals surface area contributed by atoms with Crippen molar-refractivity contribution in [1.82, 2.24) is 0 Å². The molecule has 1 aliphatic heterocycles. The predicted octanol–water partition coefficient (Wildman–Crippen LogP) is 2.66. The van der Waals surface area contributed by atoms with Gasteiger partial charge in [0.2, 0.25) is 0 Å². The number of phenols is 3. The SMILES string of the molecule is Oc1ccc(CC2OCCc3cc(O)c(O)cc32)cc1. The molecule has 0 bridgehead atoms. The largest absolute Gasteiger partial charge is 0.508 e. The highest BCUT2D eigenvalue weighted by molar-refractivity contribution is 5.47. The summed E-state index contributed by atoms with van der Waals surface area (Å²) in [5, 5.41) is 28.5. The second kappa shape index (κ2) is 5.06. The summed E-state index contributed by atoms with van der Waals surface area (Å²) in [7, 11) is 0. The zero-order valence-electron chi connectivity index (χ0n) is 10.9. The van der Waals surface area contributed by atoms with Crippen molar-refractivity contribution in [3.05, 3.63) is 53.1 Å². The summed E-state index contributed by atoms with van der Waals surface area (Å²) in [6, 6.07) is 10.2. The molecule has 0 aromatic heterocycles. The molecule has 0 saturated carbocycles. The highest BCUT2D eigenvalue weighted by Gasteiger charge is 2.23. The second-order valence-electron chi connectivity index (χ2n) is 5.02. The second-order valence-corrected chi connectivity index (χ2v) is 5.02. The molecule has 0 radical (unpaired) electrons. The Morgan fingerprint density at radius 2 is 1.70 bits per heavy atom. The third-order valence-corrected chi connectivity index (χ3v) is 3.63. The number of fused-ring (bicyclic) bond motifs is 1. The van der Waals surface area contributed by atoms with Crippen LogP contribution in [-0.4, -0.2) is 21.9 Å². The van der Waals surface area contributed by atoms with Gasteiger partial charge < -0.3 is 20.1 Å². The van der Waals surface area contributed by atoms with Crippen molar-refractivity contribution in [1.29, 1.82) is 0 Å². The summed E-state index contributed by atoms with van der Waals surface area (Å²) in [4.78, 5) is 0. The number of ether oxygens (including phenoxy) is 1. The standard InChI is InChI=1S/C16H16O4/c17-12-3-1-10(2-4-12)7-16-13-9-15(19)14(18)8-11(13)5-6-20-16/h1-4,8-9,16-19H,5-7H2. The molecule has 0 aliphatic carbocycles. The summed E-state index contributed by atoms with van der Waals surface area (Å²) in [6.07, 6.45) is 1.25. The van der Waals surface area contributed by atoms with Gasteiger partial charge in [0.1, 0.15) is 5.75 Å². The molecule has 3 rings (SSSR count). The fourth-order valence-electron chi connectivity index (χ4n) is 2.57. The van der Waals surface area contributed by atoms with Crippen LogP contribution >= 0.6 is 0 Å². The first kappa shape index (κ1) is 12.8. The Labute approximate surface area is 116 Å². The van der Waals surface area contributed by atoms with Crippen LogP contribution in [-0.2, 0) is 17.6 Å². The van der Waals surface area contributed by atoms with E-state index in [4.69, 9.17) is 4.74 Å². The molecule has 20 heavy (non-hydrogen) atoms. The van der Waals surface area contributed by atoms with Crippen LogP contribution in [0.2, 0.25) is 0 Å². The third kappa shape index (κ3) is 2.42. The molecule has 0 amide bonds. The zero-order valence-corrected chi connectivity index (χ0v) is 10.9. The van der Waals surface area contributed by atoms with Crippen LogP contribution in [0.15, 0.2) is 36.4 Å². The van der Waals surface area contributed by atoms with Gasteiger partial charge in [0, 0.05) is 6.42 Å². The average Bonchev–Trinajstić information content (AvgIpc) is 2.43. The summed E-state index contributed by atoms with van der Waals surface area (Å²) in [5.41, 5.74) is 2.98. The lowest BCUT2D eigenvalue weighted by atomic mass is 9.93. The number of aromatic hydroxyl groups is 3. The minimum absolute atomic E-state index is 0.0889. The predicted molar refractivity (Wildman–Crippen MR) is 74.0 cm³/mol. The van der Waals surface area contributed by atoms with Crippen molar-refractivity contribution in [3.63, 3.8) is 0 Å². The summed E-state index contributed by atoms with van der Waals surface area (Å²) < 4.78 is 5.78. The molecule has 1 aliphatic rings. The quantitative estimate of drug-likeness (QED) is 0.735. The maximum atomic E-state index is 9.66. The maximum absolute atomic E-state index is 9.66. The lowest BCUT2D eigenvalue weighted by Gasteiger charge is -2.26. The van der Waals surface area contributed by atoms with E-state index >= 15 is 0 Å². The molecule has 0 saturated heterocycles. The molecule has 0 fully saturated rings. The van der Waals surface area contributed by atoms with Crippen molar-refractivity contribution < 1.29 is 20.1 Å². The molecule has 1 unspecified atom stereocenters. The van der Waals surface area contributed by atoms with Crippen LogP contribution in [0.4, 0.5) is 0 Å². The van der Waals surface area contributed by atoms with Gasteiger partial charge in [-0.05, 0) is 47.4 Å². The van der Waals surface area contributed by atoms with Crippen LogP contribution in [0, 0.1) is 0 Å². The molecule has 0 spiro atoms. The highest BCUT2D eigenvalue weighted by Crippen LogP contribution is 2.37. The molecule has 4 heteroatoms. The fourth-order valence-corrected chi connectivity index (χ4v) is 2.57. The van der Waals surface area contributed by atoms with E-state index in [9.17, 15) is 15.3 Å². The maximum Gasteiger partial charge on any atom is 0.157 e. The smallest absolute Gasteiger partial charge is 0.157 e. The number of phenolic OH excluding ortho intramolecular Hbond substituents is 3. The van der Waals surface area contributed by atoms with E-state index in [1.807, 2.05) is 12.1 Å². The number of hydrogen-bond donors (Lipinski definition) is 3. The van der Waals surface area contributed by atoms with Gasteiger partial charge in [0.25, 0.3) is 0 Å². The van der Waals surface area contributed by atoms with Gasteiger partial charge in [-0.2, -0.15) is 0 Å². The zero-order chi connectivity index (χ0) is 14.1. The number of benzene rings is 2. The van der Waals surface area contributed by atoms with Gasteiger partial charge in [-0.3, -0.25) is 0 Å². The Morgan fingerprint density at radius 1 is 1.00 bits per heavy atom. The van der Waals surface area contributed by atoms with E-state index in [1.165, 1.54) is 0 Å². The van der Waals surface area contributed by atoms with Crippen molar-refractivity contribution in [2.24, 2.45) is 0 Å². The molecule has 2 aromatic carbocycles. The van der Waals surface area contributed by atoms with Crippen LogP contribution in [0.3, 0.4) is 0 Å². The molecule has 3 N–H and O–H groups in total. The van der Waals surface area contributed by atoms with E-state index in [0.717, 1.165) is 23.1 Å². The monoisotopic (exact) mass is 272 g/mol. The summed E-state index contributed by atoms with van der Waals surface area (Å²) in [5.74, 6) is 0.0280. The van der Waals surface area contributed by atoms with Gasteiger partial charge in [-0.15, -0.1) is 0 Å². The Balaban J connectivity index is 1.89. The van der Waals surface area contributed by atoms with Crippen molar-refractivity contribution in [2.45, 2.75) is 18.9 Å². The fraction of sp³-hybridized carbons (Fsp3) is 0.250. The lowest BCUT2D eigenvalue weighted by Crippen LogP contribution is -2.18. The van der Waals surface area contributed by atoms with E-state index in [2.05, 4.69) is 0 Å². The molecular weight excluding hydrogens is 256 g/mol. The average molecular weight is 272 g/mol. The molecule has 1 heterocycles. The highest BCUT2D eigenvalue weighted by atomic mass is 16.5. The van der Waals surface area contributed by atoms with Crippen molar-refractivity contribution in [2.75, 3.05) is 6.61 Å². The Hall–Kier alpha value is -2.20. The molecule has 104 valence electrons. The summed E-state index contributed by atoms with van der Waals surface area (Å²) >= 11 is 0. The first-order valence-electron chi connectivity index (χ1n) is 6.58. The lowest BCUT2D eigenvalue weighted by molar-refractivity contribution is 0.0424. The van der Waals surface area contributed by atoms with Gasteiger partial charge in [-0.25, -0.2) is 0 Å². The van der Waals surface area contributed by atoms with E-state index < -0.39 is 0 Å². The Morgan fingerprint density at radius 3 is 2.45 bits per heavy atom. The van der Waals surface area contributed by atoms with E-state index in [-0.39, 0.29) is 23.4 Å². The van der Waals surface area contributed by atoms with Gasteiger partial charge in [0.05, 0.1) is 12.7 Å². The van der Waals surface area contributed by atoms with Crippen LogP contribution < -0.4 is 0 Å². The Kier molecular flexibility index (Phi) is 3.24. The number of rotatable bonds is 2. The first-order chi connectivity index (χ1) is 9.63. The van der Waals surface area contributed by atoms with Crippen molar-refractivity contribution >= 4 is 0 Å². The minimum Gasteiger partial charge on any atom is -0.508 e. The van der Waals surface area contributed by atoms with E-state index in [1.54, 1.807) is 24.3 Å². The van der Waals surface area contributed by atoms with E-state index in [0.29, 0.717) is 13.0 Å². The summed E-state index contributed by atoms with van der Waals surface area (Å²) in [6.45, 7) is 0.597. The van der Waals surface area contributed by atoms with Gasteiger partial charge in [-0.1, -0.05) is 12.1 Å². The van der Waals surface area contributed by atoms with Crippen LogP contribution in [0.5, 0.6) is 17.2 Å². The molecule has 2 aromatic rings. The van der Waals surface area contributed by atoms with Crippen LogP contribution in [0.25, 0.3) is 0 Å². The normalized spacial score (nSPS) is 17.7. The van der Waals surface area contributed by atoms with Gasteiger partial charge >= 0.3 is 0 Å². The van der Waals surface area contributed by atoms with Gasteiger partial charge in [0.15, 0.2) is 11.5 Å². The van der Waals surface area contributed by atoms with Crippen LogP contribution in [0.1, 0.15) is 22.8 Å². The topological polar surface area (TPSA) is 69.9 Å². The first-order valence-corrected chi connectivity index (χ1v) is 6.58. The molecule has 4 nitrogen and oxygen atoms in total. The molecule has 1 atom stereocenters. The Bertz CT molecular complexity index is 619. The van der Waals surface area contributed by atoms with Crippen molar-refractivity contribution in [3.8, 4) is 17.2 Å².